The van der Waals surface area contributed by atoms with Gasteiger partial charge in [-0.05, 0) is 67.9 Å². The number of rotatable bonds is 9. The van der Waals surface area contributed by atoms with Gasteiger partial charge in [0.1, 0.15) is 6.61 Å². The predicted octanol–water partition coefficient (Wildman–Crippen LogP) is 5.63. The van der Waals surface area contributed by atoms with Crippen molar-refractivity contribution in [1.29, 1.82) is 0 Å². The van der Waals surface area contributed by atoms with E-state index in [2.05, 4.69) is 15.0 Å². The number of aromatic nitrogens is 1. The van der Waals surface area contributed by atoms with E-state index in [4.69, 9.17) is 16.3 Å². The summed E-state index contributed by atoms with van der Waals surface area (Å²) in [5.74, 6) is -0.753. The van der Waals surface area contributed by atoms with Gasteiger partial charge < -0.3 is 19.7 Å². The molecule has 2 aromatic carbocycles. The molecule has 1 amide bonds. The van der Waals surface area contributed by atoms with Crippen LogP contribution >= 0.6 is 11.6 Å². The summed E-state index contributed by atoms with van der Waals surface area (Å²) < 4.78 is 48.3. The lowest BCUT2D eigenvalue weighted by atomic mass is 9.93. The molecular formula is C27H27ClF3N3O3. The van der Waals surface area contributed by atoms with Crippen LogP contribution in [0.5, 0.6) is 11.5 Å². The van der Waals surface area contributed by atoms with Crippen molar-refractivity contribution in [3.8, 4) is 11.5 Å². The van der Waals surface area contributed by atoms with E-state index in [-0.39, 0.29) is 30.7 Å². The lowest BCUT2D eigenvalue weighted by Gasteiger charge is -2.35. The number of ether oxygens (including phenoxy) is 2. The number of para-hydroxylation sites is 2. The maximum absolute atomic E-state index is 13.9. The van der Waals surface area contributed by atoms with Gasteiger partial charge in [-0.3, -0.25) is 9.78 Å². The molecule has 1 N–H and O–H groups in total. The molecule has 2 heterocycles. The SMILES string of the molecule is O=C(C1CCNCC1)N(CCOc1ccccc1OC(F)(F)F)C(c1ccc(Cl)cc1)c1ccccn1. The molecule has 6 nitrogen and oxygen atoms in total. The van der Waals surface area contributed by atoms with Gasteiger partial charge in [0.05, 0.1) is 18.3 Å². The van der Waals surface area contributed by atoms with E-state index >= 15 is 0 Å². The van der Waals surface area contributed by atoms with Crippen molar-refractivity contribution >= 4 is 17.5 Å². The van der Waals surface area contributed by atoms with Crippen molar-refractivity contribution < 1.29 is 27.4 Å². The highest BCUT2D eigenvalue weighted by atomic mass is 35.5. The van der Waals surface area contributed by atoms with Crippen LogP contribution in [0.2, 0.25) is 5.02 Å². The number of nitrogens with zero attached hydrogens (tertiary/aromatic N) is 2. The first kappa shape index (κ1) is 26.8. The number of alkyl halides is 3. The van der Waals surface area contributed by atoms with Crippen LogP contribution < -0.4 is 14.8 Å². The average Bonchev–Trinajstić information content (AvgIpc) is 2.90. The zero-order chi connectivity index (χ0) is 26.3. The second-order valence-electron chi connectivity index (χ2n) is 8.61. The van der Waals surface area contributed by atoms with Gasteiger partial charge in [-0.15, -0.1) is 13.2 Å². The van der Waals surface area contributed by atoms with Crippen LogP contribution in [0.15, 0.2) is 72.9 Å². The third kappa shape index (κ3) is 7.36. The van der Waals surface area contributed by atoms with Crippen molar-refractivity contribution in [3.05, 3.63) is 89.2 Å². The first-order valence-corrected chi connectivity index (χ1v) is 12.3. The molecule has 4 rings (SSSR count). The molecule has 0 saturated carbocycles. The molecule has 0 aliphatic carbocycles. The second kappa shape index (κ2) is 12.3. The summed E-state index contributed by atoms with van der Waals surface area (Å²) in [5, 5.41) is 3.83. The Morgan fingerprint density at radius 2 is 1.70 bits per heavy atom. The molecule has 1 saturated heterocycles. The van der Waals surface area contributed by atoms with Gasteiger partial charge in [0.15, 0.2) is 11.5 Å². The minimum Gasteiger partial charge on any atom is -0.488 e. The molecule has 1 aliphatic heterocycles. The van der Waals surface area contributed by atoms with Crippen LogP contribution in [0.4, 0.5) is 13.2 Å². The molecule has 3 aromatic rings. The van der Waals surface area contributed by atoms with Crippen LogP contribution in [0.25, 0.3) is 0 Å². The van der Waals surface area contributed by atoms with Crippen molar-refractivity contribution in [2.24, 2.45) is 5.92 Å². The number of nitrogens with one attached hydrogen (secondary N) is 1. The van der Waals surface area contributed by atoms with Crippen molar-refractivity contribution in [2.45, 2.75) is 25.2 Å². The first-order valence-electron chi connectivity index (χ1n) is 12.0. The third-order valence-electron chi connectivity index (χ3n) is 6.10. The Bertz CT molecular complexity index is 1160. The number of carbonyl (C=O) groups excluding carboxylic acids is 1. The summed E-state index contributed by atoms with van der Waals surface area (Å²) in [6.45, 7) is 1.54. The molecule has 1 fully saturated rings. The maximum atomic E-state index is 13.9. The van der Waals surface area contributed by atoms with Gasteiger partial charge >= 0.3 is 6.36 Å². The molecule has 1 aromatic heterocycles. The summed E-state index contributed by atoms with van der Waals surface area (Å²) in [7, 11) is 0. The standard InChI is InChI=1S/C27H27ClF3N3O3/c28-21-10-8-19(9-11-21)25(22-5-3-4-14-33-22)34(26(35)20-12-15-32-16-13-20)17-18-36-23-6-1-2-7-24(23)37-27(29,30)31/h1-11,14,20,25,32H,12-13,15-18H2. The predicted molar refractivity (Wildman–Crippen MR) is 133 cm³/mol. The van der Waals surface area contributed by atoms with E-state index in [1.165, 1.54) is 18.2 Å². The van der Waals surface area contributed by atoms with Gasteiger partial charge in [-0.2, -0.15) is 0 Å². The Hall–Kier alpha value is -3.30. The molecular weight excluding hydrogens is 507 g/mol. The van der Waals surface area contributed by atoms with Crippen LogP contribution in [0.1, 0.15) is 30.1 Å². The molecule has 0 bridgehead atoms. The third-order valence-corrected chi connectivity index (χ3v) is 6.35. The van der Waals surface area contributed by atoms with Gasteiger partial charge in [0.25, 0.3) is 0 Å². The number of hydrogen-bond donors (Lipinski definition) is 1. The quantitative estimate of drug-likeness (QED) is 0.386. The molecule has 0 radical (unpaired) electrons. The highest BCUT2D eigenvalue weighted by molar-refractivity contribution is 6.30. The van der Waals surface area contributed by atoms with Crippen molar-refractivity contribution in [1.82, 2.24) is 15.2 Å². The minimum atomic E-state index is -4.85. The number of carbonyl (C=O) groups is 1. The van der Waals surface area contributed by atoms with E-state index in [1.807, 2.05) is 24.3 Å². The fourth-order valence-corrected chi connectivity index (χ4v) is 4.52. The first-order chi connectivity index (χ1) is 17.8. The zero-order valence-corrected chi connectivity index (χ0v) is 20.7. The van der Waals surface area contributed by atoms with Crippen LogP contribution in [-0.4, -0.2) is 48.4 Å². The van der Waals surface area contributed by atoms with Gasteiger partial charge in [-0.1, -0.05) is 41.9 Å². The number of hydrogen-bond acceptors (Lipinski definition) is 5. The molecule has 37 heavy (non-hydrogen) atoms. The normalized spacial score (nSPS) is 15.1. The lowest BCUT2D eigenvalue weighted by molar-refractivity contribution is -0.275. The number of pyridine rings is 1. The van der Waals surface area contributed by atoms with E-state index in [9.17, 15) is 18.0 Å². The average molecular weight is 534 g/mol. The monoisotopic (exact) mass is 533 g/mol. The molecule has 1 unspecified atom stereocenters. The van der Waals surface area contributed by atoms with Crippen LogP contribution in [0, 0.1) is 5.92 Å². The van der Waals surface area contributed by atoms with E-state index in [0.717, 1.165) is 18.7 Å². The van der Waals surface area contributed by atoms with Crippen molar-refractivity contribution in [3.63, 3.8) is 0 Å². The Labute approximate surface area is 218 Å². The fraction of sp³-hybridized carbons (Fsp3) is 0.333. The molecule has 10 heteroatoms. The minimum absolute atomic E-state index is 0.0497. The summed E-state index contributed by atoms with van der Waals surface area (Å²) >= 11 is 6.12. The number of benzene rings is 2. The largest absolute Gasteiger partial charge is 0.573 e. The zero-order valence-electron chi connectivity index (χ0n) is 20.0. The Morgan fingerprint density at radius 1 is 1.03 bits per heavy atom. The molecule has 196 valence electrons. The van der Waals surface area contributed by atoms with Gasteiger partial charge in [-0.25, -0.2) is 0 Å². The summed E-state index contributed by atoms with van der Waals surface area (Å²) in [5.41, 5.74) is 1.47. The smallest absolute Gasteiger partial charge is 0.488 e. The Balaban J connectivity index is 1.63. The highest BCUT2D eigenvalue weighted by Crippen LogP contribution is 2.33. The van der Waals surface area contributed by atoms with Crippen molar-refractivity contribution in [2.75, 3.05) is 26.2 Å². The van der Waals surface area contributed by atoms with E-state index < -0.39 is 18.2 Å². The lowest BCUT2D eigenvalue weighted by Crippen LogP contribution is -2.45. The second-order valence-corrected chi connectivity index (χ2v) is 9.04. The summed E-state index contributed by atoms with van der Waals surface area (Å²) in [6.07, 6.45) is -1.82. The van der Waals surface area contributed by atoms with E-state index in [1.54, 1.807) is 35.4 Å². The summed E-state index contributed by atoms with van der Waals surface area (Å²) in [6, 6.07) is 17.7. The van der Waals surface area contributed by atoms with Crippen LogP contribution in [-0.2, 0) is 4.79 Å². The van der Waals surface area contributed by atoms with E-state index in [0.29, 0.717) is 23.6 Å². The Kier molecular flexibility index (Phi) is 8.89. The number of amides is 1. The van der Waals surface area contributed by atoms with Gasteiger partial charge in [0.2, 0.25) is 5.91 Å². The topological polar surface area (TPSA) is 63.7 Å². The maximum Gasteiger partial charge on any atom is 0.573 e. The molecule has 1 aliphatic rings. The molecule has 1 atom stereocenters. The highest BCUT2D eigenvalue weighted by Gasteiger charge is 2.34. The fourth-order valence-electron chi connectivity index (χ4n) is 4.40. The number of piperidine rings is 1. The molecule has 0 spiro atoms. The number of halogens is 4. The van der Waals surface area contributed by atoms with Gasteiger partial charge in [0, 0.05) is 17.1 Å². The van der Waals surface area contributed by atoms with Crippen LogP contribution in [0.3, 0.4) is 0 Å². The Morgan fingerprint density at radius 3 is 2.35 bits per heavy atom. The summed E-state index contributed by atoms with van der Waals surface area (Å²) in [4.78, 5) is 20.1.